The zero-order valence-electron chi connectivity index (χ0n) is 12.5. The summed E-state index contributed by atoms with van der Waals surface area (Å²) in [7, 11) is 0. The van der Waals surface area contributed by atoms with Crippen molar-refractivity contribution >= 4 is 6.08 Å². The zero-order valence-corrected chi connectivity index (χ0v) is 12.5. The van der Waals surface area contributed by atoms with Crippen LogP contribution in [0.4, 0.5) is 0 Å². The molecule has 0 spiro atoms. The molecule has 0 unspecified atom stereocenters. The Kier molecular flexibility index (Phi) is 6.86. The molecule has 0 aliphatic rings. The highest BCUT2D eigenvalue weighted by molar-refractivity contribution is 5.57. The van der Waals surface area contributed by atoms with Gasteiger partial charge in [-0.2, -0.15) is 0 Å². The van der Waals surface area contributed by atoms with Crippen molar-refractivity contribution in [2.75, 3.05) is 19.8 Å². The van der Waals surface area contributed by atoms with Crippen LogP contribution in [-0.4, -0.2) is 19.8 Å². The first-order valence-corrected chi connectivity index (χ1v) is 7.09. The van der Waals surface area contributed by atoms with Gasteiger partial charge >= 0.3 is 0 Å². The summed E-state index contributed by atoms with van der Waals surface area (Å²) in [6.07, 6.45) is 3.15. The molecule has 19 heavy (non-hydrogen) atoms. The average molecular weight is 263 g/mol. The number of allylic oxidation sites excluding steroid dienone is 1. The quantitative estimate of drug-likeness (QED) is 0.773. The monoisotopic (exact) mass is 263 g/mol. The number of hydrogen-bond donors (Lipinski definition) is 1. The maximum atomic E-state index is 5.63. The Labute approximate surface area is 116 Å². The highest BCUT2D eigenvalue weighted by Crippen LogP contribution is 2.29. The Bertz CT molecular complexity index is 413. The fourth-order valence-corrected chi connectivity index (χ4v) is 1.86. The van der Waals surface area contributed by atoms with Crippen LogP contribution in [0.2, 0.25) is 0 Å². The molecule has 1 N–H and O–H groups in total. The van der Waals surface area contributed by atoms with Gasteiger partial charge in [-0.05, 0) is 51.0 Å². The van der Waals surface area contributed by atoms with E-state index in [1.54, 1.807) is 0 Å². The van der Waals surface area contributed by atoms with Gasteiger partial charge in [0.05, 0.1) is 13.2 Å². The first kappa shape index (κ1) is 15.4. The Morgan fingerprint density at radius 2 is 1.74 bits per heavy atom. The third-order valence-electron chi connectivity index (χ3n) is 2.69. The largest absolute Gasteiger partial charge is 0.490 e. The molecule has 106 valence electrons. The second-order valence-electron chi connectivity index (χ2n) is 4.13. The van der Waals surface area contributed by atoms with E-state index in [4.69, 9.17) is 9.47 Å². The Morgan fingerprint density at radius 1 is 1.05 bits per heavy atom. The lowest BCUT2D eigenvalue weighted by Crippen LogP contribution is -2.10. The Balaban J connectivity index is 2.99. The van der Waals surface area contributed by atoms with E-state index in [9.17, 15) is 0 Å². The molecule has 0 saturated heterocycles. The molecule has 1 aromatic carbocycles. The minimum absolute atomic E-state index is 0.640. The molecule has 0 heterocycles. The van der Waals surface area contributed by atoms with Crippen LogP contribution >= 0.6 is 0 Å². The fraction of sp³-hybridized carbons (Fsp3) is 0.500. The van der Waals surface area contributed by atoms with Gasteiger partial charge in [0.2, 0.25) is 0 Å². The van der Waals surface area contributed by atoms with Crippen LogP contribution in [0.1, 0.15) is 39.7 Å². The van der Waals surface area contributed by atoms with E-state index >= 15 is 0 Å². The Morgan fingerprint density at radius 3 is 2.32 bits per heavy atom. The van der Waals surface area contributed by atoms with Crippen molar-refractivity contribution in [2.24, 2.45) is 0 Å². The topological polar surface area (TPSA) is 30.5 Å². The minimum atomic E-state index is 0.640. The lowest BCUT2D eigenvalue weighted by atomic mass is 10.1. The van der Waals surface area contributed by atoms with E-state index in [1.807, 2.05) is 26.0 Å². The van der Waals surface area contributed by atoms with Crippen molar-refractivity contribution in [1.82, 2.24) is 5.32 Å². The van der Waals surface area contributed by atoms with E-state index in [0.29, 0.717) is 13.2 Å². The summed E-state index contributed by atoms with van der Waals surface area (Å²) < 4.78 is 11.2. The first-order chi connectivity index (χ1) is 9.24. The fourth-order valence-electron chi connectivity index (χ4n) is 1.86. The average Bonchev–Trinajstić information content (AvgIpc) is 2.41. The van der Waals surface area contributed by atoms with Gasteiger partial charge in [-0.3, -0.25) is 0 Å². The number of hydrogen-bond acceptors (Lipinski definition) is 3. The lowest BCUT2D eigenvalue weighted by Gasteiger charge is -2.12. The second kappa shape index (κ2) is 8.46. The normalized spacial score (nSPS) is 11.3. The number of rotatable bonds is 8. The van der Waals surface area contributed by atoms with Crippen molar-refractivity contribution in [2.45, 2.75) is 34.1 Å². The molecule has 0 saturated carbocycles. The third kappa shape index (κ3) is 4.86. The van der Waals surface area contributed by atoms with Gasteiger partial charge < -0.3 is 14.8 Å². The van der Waals surface area contributed by atoms with Crippen molar-refractivity contribution in [3.05, 3.63) is 29.5 Å². The predicted octanol–water partition coefficient (Wildman–Crippen LogP) is 3.84. The van der Waals surface area contributed by atoms with Crippen molar-refractivity contribution < 1.29 is 9.47 Å². The van der Waals surface area contributed by atoms with Crippen LogP contribution < -0.4 is 14.8 Å². The van der Waals surface area contributed by atoms with Gasteiger partial charge in [-0.15, -0.1) is 0 Å². The van der Waals surface area contributed by atoms with E-state index in [-0.39, 0.29) is 0 Å². The molecule has 0 fully saturated rings. The maximum Gasteiger partial charge on any atom is 0.161 e. The van der Waals surface area contributed by atoms with Crippen LogP contribution in [0.15, 0.2) is 23.9 Å². The van der Waals surface area contributed by atoms with Crippen LogP contribution in [0.5, 0.6) is 11.5 Å². The molecular weight excluding hydrogens is 238 g/mol. The van der Waals surface area contributed by atoms with E-state index in [1.165, 1.54) is 5.70 Å². The summed E-state index contributed by atoms with van der Waals surface area (Å²) in [6, 6.07) is 6.06. The molecule has 0 atom stereocenters. The summed E-state index contributed by atoms with van der Waals surface area (Å²) in [5.74, 6) is 1.62. The predicted molar refractivity (Wildman–Crippen MR) is 80.7 cm³/mol. The second-order valence-corrected chi connectivity index (χ2v) is 4.13. The molecule has 0 bridgehead atoms. The number of nitrogens with one attached hydrogen (secondary N) is 1. The summed E-state index contributed by atoms with van der Waals surface area (Å²) in [6.45, 7) is 10.4. The standard InChI is InChI=1S/C16H25NO2/c1-5-14(17-6-2)11-13-9-10-15(18-7-3)16(12-13)19-8-4/h9-12,17H,5-8H2,1-4H3/b14-11+. The molecule has 3 nitrogen and oxygen atoms in total. The molecule has 1 rings (SSSR count). The van der Waals surface area contributed by atoms with Crippen LogP contribution in [0.3, 0.4) is 0 Å². The molecule has 0 amide bonds. The van der Waals surface area contributed by atoms with Gasteiger partial charge in [0.1, 0.15) is 0 Å². The minimum Gasteiger partial charge on any atom is -0.490 e. The van der Waals surface area contributed by atoms with Crippen molar-refractivity contribution in [3.8, 4) is 11.5 Å². The summed E-state index contributed by atoms with van der Waals surface area (Å²) >= 11 is 0. The van der Waals surface area contributed by atoms with Crippen molar-refractivity contribution in [3.63, 3.8) is 0 Å². The highest BCUT2D eigenvalue weighted by atomic mass is 16.5. The van der Waals surface area contributed by atoms with Gasteiger partial charge in [0, 0.05) is 12.2 Å². The zero-order chi connectivity index (χ0) is 14.1. The summed E-state index contributed by atoms with van der Waals surface area (Å²) in [5, 5.41) is 3.36. The molecule has 0 aliphatic carbocycles. The molecule has 0 radical (unpaired) electrons. The number of benzene rings is 1. The first-order valence-electron chi connectivity index (χ1n) is 7.09. The van der Waals surface area contributed by atoms with Crippen molar-refractivity contribution in [1.29, 1.82) is 0 Å². The molecule has 0 aliphatic heterocycles. The molecule has 0 aromatic heterocycles. The van der Waals surface area contributed by atoms with Crippen LogP contribution in [0, 0.1) is 0 Å². The van der Waals surface area contributed by atoms with E-state index in [2.05, 4.69) is 31.3 Å². The molecule has 3 heteroatoms. The van der Waals surface area contributed by atoms with Gasteiger partial charge in [0.25, 0.3) is 0 Å². The maximum absolute atomic E-state index is 5.63. The molecule has 1 aromatic rings. The summed E-state index contributed by atoms with van der Waals surface area (Å²) in [4.78, 5) is 0. The van der Waals surface area contributed by atoms with E-state index < -0.39 is 0 Å². The summed E-state index contributed by atoms with van der Waals surface area (Å²) in [5.41, 5.74) is 2.36. The Hall–Kier alpha value is -1.64. The highest BCUT2D eigenvalue weighted by Gasteiger charge is 2.05. The van der Waals surface area contributed by atoms with Crippen LogP contribution in [-0.2, 0) is 0 Å². The SMILES string of the molecule is CCN/C(=C/c1ccc(OCC)c(OCC)c1)CC. The molecular formula is C16H25NO2. The smallest absolute Gasteiger partial charge is 0.161 e. The van der Waals surface area contributed by atoms with Gasteiger partial charge in [0.15, 0.2) is 11.5 Å². The van der Waals surface area contributed by atoms with E-state index in [0.717, 1.165) is 30.0 Å². The van der Waals surface area contributed by atoms with Gasteiger partial charge in [-0.1, -0.05) is 13.0 Å². The lowest BCUT2D eigenvalue weighted by molar-refractivity contribution is 0.287. The van der Waals surface area contributed by atoms with Crippen LogP contribution in [0.25, 0.3) is 6.08 Å². The third-order valence-corrected chi connectivity index (χ3v) is 2.69. The van der Waals surface area contributed by atoms with Gasteiger partial charge in [-0.25, -0.2) is 0 Å². The number of ether oxygens (including phenoxy) is 2.